The molecule has 0 bridgehead atoms. The zero-order valence-corrected chi connectivity index (χ0v) is 11.7. The Labute approximate surface area is 115 Å². The molecule has 4 nitrogen and oxygen atoms in total. The first-order chi connectivity index (χ1) is 8.26. The molecular formula is C13H21ClN2O2. The van der Waals surface area contributed by atoms with E-state index in [0.29, 0.717) is 13.0 Å². The summed E-state index contributed by atoms with van der Waals surface area (Å²) in [7, 11) is 3.54. The van der Waals surface area contributed by atoms with Gasteiger partial charge in [-0.15, -0.1) is 12.4 Å². The maximum Gasteiger partial charge on any atom is 0.224 e. The Morgan fingerprint density at radius 2 is 2.17 bits per heavy atom. The lowest BCUT2D eigenvalue weighted by Gasteiger charge is -2.07. The molecule has 0 saturated heterocycles. The summed E-state index contributed by atoms with van der Waals surface area (Å²) in [6.45, 7) is 1.42. The van der Waals surface area contributed by atoms with Gasteiger partial charge in [-0.25, -0.2) is 0 Å². The minimum atomic E-state index is 0. The largest absolute Gasteiger partial charge is 0.380 e. The van der Waals surface area contributed by atoms with Crippen LogP contribution in [-0.4, -0.2) is 26.6 Å². The minimum absolute atomic E-state index is 0. The van der Waals surface area contributed by atoms with Gasteiger partial charge >= 0.3 is 0 Å². The maximum absolute atomic E-state index is 11.6. The summed E-state index contributed by atoms with van der Waals surface area (Å²) < 4.78 is 5.05. The molecule has 0 unspecified atom stereocenters. The van der Waals surface area contributed by atoms with Gasteiger partial charge in [-0.05, 0) is 37.7 Å². The molecule has 5 heteroatoms. The summed E-state index contributed by atoms with van der Waals surface area (Å²) in [5.74, 6) is 0.0508. The van der Waals surface area contributed by atoms with E-state index in [4.69, 9.17) is 4.74 Å². The highest BCUT2D eigenvalue weighted by molar-refractivity contribution is 5.90. The number of rotatable bonds is 7. The van der Waals surface area contributed by atoms with Gasteiger partial charge in [0, 0.05) is 19.2 Å². The van der Waals surface area contributed by atoms with E-state index in [1.807, 2.05) is 31.3 Å². The number of halogens is 1. The highest BCUT2D eigenvalue weighted by atomic mass is 35.5. The molecule has 102 valence electrons. The summed E-state index contributed by atoms with van der Waals surface area (Å²) in [6, 6.07) is 7.70. The molecule has 0 fully saturated rings. The van der Waals surface area contributed by atoms with Crippen LogP contribution < -0.4 is 10.6 Å². The average molecular weight is 273 g/mol. The predicted molar refractivity (Wildman–Crippen MR) is 76.2 cm³/mol. The van der Waals surface area contributed by atoms with Crippen molar-refractivity contribution in [2.75, 3.05) is 26.0 Å². The highest BCUT2D eigenvalue weighted by Crippen LogP contribution is 2.11. The maximum atomic E-state index is 11.6. The van der Waals surface area contributed by atoms with Crippen LogP contribution in [0.2, 0.25) is 0 Å². The minimum Gasteiger partial charge on any atom is -0.380 e. The third-order valence-electron chi connectivity index (χ3n) is 2.35. The molecule has 18 heavy (non-hydrogen) atoms. The Kier molecular flexibility index (Phi) is 9.28. The Balaban J connectivity index is 0.00000289. The number of hydrogen-bond acceptors (Lipinski definition) is 3. The van der Waals surface area contributed by atoms with Gasteiger partial charge in [0.1, 0.15) is 0 Å². The lowest BCUT2D eigenvalue weighted by molar-refractivity contribution is -0.116. The molecule has 2 N–H and O–H groups in total. The second kappa shape index (κ2) is 9.88. The number of methoxy groups -OCH3 is 1. The number of hydrogen-bond donors (Lipinski definition) is 2. The van der Waals surface area contributed by atoms with E-state index in [2.05, 4.69) is 10.6 Å². The molecule has 0 aliphatic rings. The molecule has 0 radical (unpaired) electrons. The summed E-state index contributed by atoms with van der Waals surface area (Å²) in [6.07, 6.45) is 1.38. The van der Waals surface area contributed by atoms with Gasteiger partial charge in [-0.1, -0.05) is 12.1 Å². The van der Waals surface area contributed by atoms with E-state index in [-0.39, 0.29) is 18.3 Å². The zero-order chi connectivity index (χ0) is 12.5. The summed E-state index contributed by atoms with van der Waals surface area (Å²) in [5.41, 5.74) is 1.88. The molecule has 0 spiro atoms. The van der Waals surface area contributed by atoms with Crippen LogP contribution in [0, 0.1) is 0 Å². The number of ether oxygens (including phenoxy) is 1. The molecule has 1 aromatic carbocycles. The zero-order valence-electron chi connectivity index (χ0n) is 10.9. The molecule has 0 heterocycles. The Morgan fingerprint density at radius 3 is 2.83 bits per heavy atom. The summed E-state index contributed by atoms with van der Waals surface area (Å²) >= 11 is 0. The van der Waals surface area contributed by atoms with Crippen LogP contribution in [0.5, 0.6) is 0 Å². The average Bonchev–Trinajstić information content (AvgIpc) is 2.30. The van der Waals surface area contributed by atoms with Gasteiger partial charge in [0.25, 0.3) is 0 Å². The van der Waals surface area contributed by atoms with Gasteiger partial charge in [-0.2, -0.15) is 0 Å². The number of benzene rings is 1. The third-order valence-corrected chi connectivity index (χ3v) is 2.35. The van der Waals surface area contributed by atoms with Crippen molar-refractivity contribution in [3.63, 3.8) is 0 Å². The first kappa shape index (κ1) is 16.9. The highest BCUT2D eigenvalue weighted by Gasteiger charge is 2.02. The van der Waals surface area contributed by atoms with Crippen LogP contribution in [0.1, 0.15) is 18.4 Å². The predicted octanol–water partition coefficient (Wildman–Crippen LogP) is 2.19. The Hall–Kier alpha value is -1.10. The van der Waals surface area contributed by atoms with Crippen LogP contribution >= 0.6 is 12.4 Å². The molecule has 1 aromatic rings. The molecule has 0 saturated carbocycles. The van der Waals surface area contributed by atoms with Gasteiger partial charge in [0.05, 0.1) is 6.61 Å². The van der Waals surface area contributed by atoms with Gasteiger partial charge < -0.3 is 15.4 Å². The van der Waals surface area contributed by atoms with Crippen molar-refractivity contribution < 1.29 is 9.53 Å². The molecular weight excluding hydrogens is 252 g/mol. The van der Waals surface area contributed by atoms with Crippen molar-refractivity contribution >= 4 is 24.0 Å². The molecule has 0 atom stereocenters. The van der Waals surface area contributed by atoms with Crippen molar-refractivity contribution in [3.05, 3.63) is 29.8 Å². The fraction of sp³-hybridized carbons (Fsp3) is 0.462. The van der Waals surface area contributed by atoms with Crippen molar-refractivity contribution in [3.8, 4) is 0 Å². The normalized spacial score (nSPS) is 9.67. The van der Waals surface area contributed by atoms with E-state index in [9.17, 15) is 4.79 Å². The monoisotopic (exact) mass is 272 g/mol. The lowest BCUT2D eigenvalue weighted by atomic mass is 10.2. The van der Waals surface area contributed by atoms with Crippen LogP contribution in [0.25, 0.3) is 0 Å². The number of amides is 1. The van der Waals surface area contributed by atoms with Crippen LogP contribution in [0.3, 0.4) is 0 Å². The number of anilines is 1. The fourth-order valence-electron chi connectivity index (χ4n) is 1.55. The first-order valence-corrected chi connectivity index (χ1v) is 5.78. The van der Waals surface area contributed by atoms with Crippen LogP contribution in [0.4, 0.5) is 5.69 Å². The van der Waals surface area contributed by atoms with Gasteiger partial charge in [0.15, 0.2) is 0 Å². The van der Waals surface area contributed by atoms with Crippen LogP contribution in [-0.2, 0) is 16.1 Å². The smallest absolute Gasteiger partial charge is 0.224 e. The number of carbonyl (C=O) groups excluding carboxylic acids is 1. The van der Waals surface area contributed by atoms with E-state index in [0.717, 1.165) is 24.2 Å². The lowest BCUT2D eigenvalue weighted by Crippen LogP contribution is -2.15. The Morgan fingerprint density at radius 1 is 1.39 bits per heavy atom. The van der Waals surface area contributed by atoms with E-state index in [1.165, 1.54) is 0 Å². The van der Waals surface area contributed by atoms with E-state index >= 15 is 0 Å². The van der Waals surface area contributed by atoms with Gasteiger partial charge in [0.2, 0.25) is 5.91 Å². The van der Waals surface area contributed by atoms with E-state index in [1.54, 1.807) is 7.11 Å². The topological polar surface area (TPSA) is 50.4 Å². The molecule has 1 rings (SSSR count). The van der Waals surface area contributed by atoms with Crippen molar-refractivity contribution in [1.82, 2.24) is 5.32 Å². The van der Waals surface area contributed by atoms with Crippen molar-refractivity contribution in [2.45, 2.75) is 19.4 Å². The third kappa shape index (κ3) is 6.59. The fourth-order valence-corrected chi connectivity index (χ4v) is 1.55. The molecule has 0 aliphatic heterocycles. The number of carbonyl (C=O) groups is 1. The standard InChI is InChI=1S/C13H20N2O2.ClH/c1-14-8-4-7-13(16)15-12-6-3-5-11(9-12)10-17-2;/h3,5-6,9,14H,4,7-8,10H2,1-2H3,(H,15,16);1H. The Bertz CT molecular complexity index is 359. The quantitative estimate of drug-likeness (QED) is 0.748. The number of nitrogens with one attached hydrogen (secondary N) is 2. The van der Waals surface area contributed by atoms with Crippen molar-refractivity contribution in [2.24, 2.45) is 0 Å². The first-order valence-electron chi connectivity index (χ1n) is 5.78. The van der Waals surface area contributed by atoms with Gasteiger partial charge in [-0.3, -0.25) is 4.79 Å². The second-order valence-electron chi connectivity index (χ2n) is 3.89. The summed E-state index contributed by atoms with van der Waals surface area (Å²) in [4.78, 5) is 11.6. The van der Waals surface area contributed by atoms with Crippen LogP contribution in [0.15, 0.2) is 24.3 Å². The second-order valence-corrected chi connectivity index (χ2v) is 3.89. The van der Waals surface area contributed by atoms with Crippen molar-refractivity contribution in [1.29, 1.82) is 0 Å². The summed E-state index contributed by atoms with van der Waals surface area (Å²) in [5, 5.41) is 5.89. The molecule has 1 amide bonds. The SMILES string of the molecule is CNCCCC(=O)Nc1cccc(COC)c1.Cl. The molecule has 0 aliphatic carbocycles. The molecule has 0 aromatic heterocycles. The van der Waals surface area contributed by atoms with E-state index < -0.39 is 0 Å².